The maximum Gasteiger partial charge on any atom is 0.143 e. The SMILES string of the molecule is c1ccc(-c2ccc(-c3ccc(N(c4ccc(-c5ccc6c(c5)c5ccccc5n6-c5ccc6ccccc6c5)cc4)c4ccc(-c5cccc6c5oc5ccccc56)cc4)cc3)cc2)cc1. The lowest BCUT2D eigenvalue weighted by Crippen LogP contribution is -2.09. The van der Waals surface area contributed by atoms with Crippen LogP contribution >= 0.6 is 0 Å². The first kappa shape index (κ1) is 38.5. The average molecular weight is 855 g/mol. The molecular formula is C64H42N2O. The number of benzene rings is 11. The van der Waals surface area contributed by atoms with Crippen molar-refractivity contribution >= 4 is 71.6 Å². The van der Waals surface area contributed by atoms with Crippen LogP contribution in [0.2, 0.25) is 0 Å². The molecule has 2 heterocycles. The fourth-order valence-electron chi connectivity index (χ4n) is 10.0. The van der Waals surface area contributed by atoms with Crippen LogP contribution in [0.1, 0.15) is 0 Å². The molecule has 13 rings (SSSR count). The Morgan fingerprint density at radius 2 is 0.806 bits per heavy atom. The van der Waals surface area contributed by atoms with E-state index in [0.29, 0.717) is 0 Å². The highest BCUT2D eigenvalue weighted by molar-refractivity contribution is 6.11. The molecule has 0 saturated heterocycles. The Morgan fingerprint density at radius 1 is 0.299 bits per heavy atom. The van der Waals surface area contributed by atoms with Gasteiger partial charge in [0.05, 0.1) is 11.0 Å². The molecule has 0 atom stereocenters. The number of nitrogens with zero attached hydrogens (tertiary/aromatic N) is 2. The zero-order valence-corrected chi connectivity index (χ0v) is 36.6. The first-order chi connectivity index (χ1) is 33.2. The van der Waals surface area contributed by atoms with E-state index in [9.17, 15) is 0 Å². The van der Waals surface area contributed by atoms with Crippen LogP contribution in [0.15, 0.2) is 259 Å². The smallest absolute Gasteiger partial charge is 0.143 e. The Hall–Kier alpha value is -8.92. The maximum absolute atomic E-state index is 6.45. The van der Waals surface area contributed by atoms with E-state index in [1.807, 2.05) is 12.1 Å². The molecule has 0 N–H and O–H groups in total. The Kier molecular flexibility index (Phi) is 9.17. The zero-order valence-electron chi connectivity index (χ0n) is 36.6. The number of anilines is 3. The van der Waals surface area contributed by atoms with E-state index in [4.69, 9.17) is 4.42 Å². The third-order valence-corrected chi connectivity index (χ3v) is 13.4. The molecule has 3 heteroatoms. The molecule has 0 spiro atoms. The predicted molar refractivity (Wildman–Crippen MR) is 282 cm³/mol. The molecule has 0 bridgehead atoms. The lowest BCUT2D eigenvalue weighted by molar-refractivity contribution is 0.670. The number of rotatable bonds is 8. The van der Waals surface area contributed by atoms with E-state index in [2.05, 4.69) is 252 Å². The van der Waals surface area contributed by atoms with E-state index in [-0.39, 0.29) is 0 Å². The highest BCUT2D eigenvalue weighted by Crippen LogP contribution is 2.41. The van der Waals surface area contributed by atoms with Crippen molar-refractivity contribution in [2.45, 2.75) is 0 Å². The third kappa shape index (κ3) is 6.76. The van der Waals surface area contributed by atoms with Crippen LogP contribution in [-0.4, -0.2) is 4.57 Å². The molecule has 0 fully saturated rings. The number of hydrogen-bond acceptors (Lipinski definition) is 2. The Balaban J connectivity index is 0.870. The Morgan fingerprint density at radius 3 is 1.51 bits per heavy atom. The summed E-state index contributed by atoms with van der Waals surface area (Å²) < 4.78 is 8.85. The number of hydrogen-bond donors (Lipinski definition) is 0. The van der Waals surface area contributed by atoms with Crippen molar-refractivity contribution in [1.82, 2.24) is 4.57 Å². The molecule has 0 saturated carbocycles. The molecule has 0 aliphatic heterocycles. The van der Waals surface area contributed by atoms with Gasteiger partial charge in [-0.1, -0.05) is 182 Å². The first-order valence-corrected chi connectivity index (χ1v) is 22.9. The van der Waals surface area contributed by atoms with Gasteiger partial charge in [0.2, 0.25) is 0 Å². The number of furan rings is 1. The van der Waals surface area contributed by atoms with Crippen molar-refractivity contribution in [3.8, 4) is 50.2 Å². The molecule has 67 heavy (non-hydrogen) atoms. The Labute approximate surface area is 388 Å². The summed E-state index contributed by atoms with van der Waals surface area (Å²) in [7, 11) is 0. The molecule has 0 radical (unpaired) electrons. The number of fused-ring (bicyclic) bond motifs is 7. The Bertz CT molecular complexity index is 3940. The van der Waals surface area contributed by atoms with Crippen molar-refractivity contribution in [3.05, 3.63) is 255 Å². The van der Waals surface area contributed by atoms with Gasteiger partial charge in [-0.25, -0.2) is 0 Å². The van der Waals surface area contributed by atoms with Gasteiger partial charge in [-0.15, -0.1) is 0 Å². The topological polar surface area (TPSA) is 21.3 Å². The average Bonchev–Trinajstić information content (AvgIpc) is 3.95. The van der Waals surface area contributed by atoms with Gasteiger partial charge in [-0.2, -0.15) is 0 Å². The fraction of sp³-hybridized carbons (Fsp3) is 0. The van der Waals surface area contributed by atoms with E-state index < -0.39 is 0 Å². The molecule has 0 unspecified atom stereocenters. The van der Waals surface area contributed by atoms with E-state index in [1.54, 1.807) is 0 Å². The highest BCUT2D eigenvalue weighted by atomic mass is 16.3. The van der Waals surface area contributed by atoms with Crippen molar-refractivity contribution < 1.29 is 4.42 Å². The van der Waals surface area contributed by atoms with Crippen molar-refractivity contribution in [2.75, 3.05) is 4.90 Å². The predicted octanol–water partition coefficient (Wildman–Crippen LogP) is 18.0. The summed E-state index contributed by atoms with van der Waals surface area (Å²) in [6.45, 7) is 0. The summed E-state index contributed by atoms with van der Waals surface area (Å²) >= 11 is 0. The van der Waals surface area contributed by atoms with Crippen LogP contribution in [0.25, 0.3) is 105 Å². The van der Waals surface area contributed by atoms with Gasteiger partial charge in [-0.3, -0.25) is 0 Å². The second kappa shape index (κ2) is 16.0. The molecule has 3 nitrogen and oxygen atoms in total. The van der Waals surface area contributed by atoms with Crippen LogP contribution in [0.3, 0.4) is 0 Å². The van der Waals surface area contributed by atoms with Crippen LogP contribution in [0.5, 0.6) is 0 Å². The summed E-state index contributed by atoms with van der Waals surface area (Å²) in [6, 6.07) is 91.9. The normalized spacial score (nSPS) is 11.6. The maximum atomic E-state index is 6.45. The van der Waals surface area contributed by atoms with Gasteiger partial charge in [0, 0.05) is 49.9 Å². The van der Waals surface area contributed by atoms with Gasteiger partial charge in [0.1, 0.15) is 11.2 Å². The van der Waals surface area contributed by atoms with Crippen LogP contribution in [0.4, 0.5) is 17.1 Å². The van der Waals surface area contributed by atoms with Crippen LogP contribution < -0.4 is 4.90 Å². The minimum Gasteiger partial charge on any atom is -0.455 e. The highest BCUT2D eigenvalue weighted by Gasteiger charge is 2.18. The zero-order chi connectivity index (χ0) is 44.3. The summed E-state index contributed by atoms with van der Waals surface area (Å²) in [6.07, 6.45) is 0. The molecule has 314 valence electrons. The van der Waals surface area contributed by atoms with Gasteiger partial charge >= 0.3 is 0 Å². The largest absolute Gasteiger partial charge is 0.455 e. The first-order valence-electron chi connectivity index (χ1n) is 22.9. The standard InChI is InChI=1S/C64H42N2O/c1-2-11-43(12-3-1)45-21-23-46(24-22-45)47-25-33-52(34-26-47)65(54-37-30-49(31-38-54)56-17-10-18-59-58-16-7-9-20-63(58)67-64(56)59)53-35-27-48(28-36-53)51-32-40-62-60(42-51)57-15-6-8-19-61(57)66(62)55-39-29-44-13-4-5-14-50(44)41-55/h1-42H. The summed E-state index contributed by atoms with van der Waals surface area (Å²) in [4.78, 5) is 2.35. The minimum absolute atomic E-state index is 0.902. The van der Waals surface area contributed by atoms with Gasteiger partial charge < -0.3 is 13.9 Å². The fourth-order valence-corrected chi connectivity index (χ4v) is 10.0. The van der Waals surface area contributed by atoms with Gasteiger partial charge in [0.25, 0.3) is 0 Å². The molecule has 2 aromatic heterocycles. The summed E-state index contributed by atoms with van der Waals surface area (Å²) in [5.41, 5.74) is 17.9. The molecule has 13 aromatic rings. The molecule has 0 amide bonds. The van der Waals surface area contributed by atoms with E-state index in [0.717, 1.165) is 61.4 Å². The monoisotopic (exact) mass is 854 g/mol. The van der Waals surface area contributed by atoms with Gasteiger partial charge in [-0.05, 0) is 123 Å². The molecular weight excluding hydrogens is 813 g/mol. The lowest BCUT2D eigenvalue weighted by Gasteiger charge is -2.26. The summed E-state index contributed by atoms with van der Waals surface area (Å²) in [5.74, 6) is 0. The van der Waals surface area contributed by atoms with Crippen LogP contribution in [0, 0.1) is 0 Å². The second-order valence-corrected chi connectivity index (χ2v) is 17.3. The van der Waals surface area contributed by atoms with E-state index in [1.165, 1.54) is 60.4 Å². The lowest BCUT2D eigenvalue weighted by atomic mass is 9.99. The molecule has 0 aliphatic carbocycles. The van der Waals surface area contributed by atoms with Gasteiger partial charge in [0.15, 0.2) is 0 Å². The summed E-state index contributed by atoms with van der Waals surface area (Å²) in [5, 5.41) is 7.22. The minimum atomic E-state index is 0.902. The quantitative estimate of drug-likeness (QED) is 0.152. The van der Waals surface area contributed by atoms with E-state index >= 15 is 0 Å². The van der Waals surface area contributed by atoms with Crippen molar-refractivity contribution in [1.29, 1.82) is 0 Å². The molecule has 0 aliphatic rings. The third-order valence-electron chi connectivity index (χ3n) is 13.4. The van der Waals surface area contributed by atoms with Crippen molar-refractivity contribution in [2.24, 2.45) is 0 Å². The second-order valence-electron chi connectivity index (χ2n) is 17.3. The van der Waals surface area contributed by atoms with Crippen molar-refractivity contribution in [3.63, 3.8) is 0 Å². The number of para-hydroxylation sites is 3. The molecule has 11 aromatic carbocycles. The van der Waals surface area contributed by atoms with Crippen LogP contribution in [-0.2, 0) is 0 Å². The number of aromatic nitrogens is 1.